The zero-order valence-corrected chi connectivity index (χ0v) is 11.6. The number of thioether (sulfide) groups is 1. The molecule has 0 fully saturated rings. The van der Waals surface area contributed by atoms with Crippen molar-refractivity contribution in [2.45, 2.75) is 27.2 Å². The van der Waals surface area contributed by atoms with E-state index in [9.17, 15) is 4.79 Å². The summed E-state index contributed by atoms with van der Waals surface area (Å²) in [7, 11) is 0. The Morgan fingerprint density at radius 3 is 2.88 bits per heavy atom. The van der Waals surface area contributed by atoms with Gasteiger partial charge in [-0.15, -0.1) is 0 Å². The van der Waals surface area contributed by atoms with Crippen LogP contribution in [0.25, 0.3) is 0 Å². The first-order valence-corrected chi connectivity index (χ1v) is 7.16. The molecule has 0 saturated heterocycles. The molecule has 1 aromatic heterocycles. The highest BCUT2D eigenvalue weighted by Gasteiger charge is 2.09. The smallest absolute Gasteiger partial charge is 0.254 e. The predicted molar refractivity (Wildman–Crippen MR) is 72.6 cm³/mol. The Bertz CT molecular complexity index is 347. The first-order valence-electron chi connectivity index (χ1n) is 6.01. The van der Waals surface area contributed by atoms with Crippen molar-refractivity contribution in [3.63, 3.8) is 0 Å². The van der Waals surface area contributed by atoms with Gasteiger partial charge in [-0.25, -0.2) is 0 Å². The van der Waals surface area contributed by atoms with Gasteiger partial charge in [0.05, 0.1) is 11.8 Å². The highest BCUT2D eigenvalue weighted by atomic mass is 32.2. The van der Waals surface area contributed by atoms with Gasteiger partial charge in [-0.05, 0) is 36.8 Å². The lowest BCUT2D eigenvalue weighted by atomic mass is 10.2. The first kappa shape index (κ1) is 14.2. The minimum Gasteiger partial charge on any atom is -0.469 e. The fraction of sp³-hybridized carbons (Fsp3) is 0.615. The average molecular weight is 255 g/mol. The van der Waals surface area contributed by atoms with Gasteiger partial charge in [-0.3, -0.25) is 4.79 Å². The van der Waals surface area contributed by atoms with E-state index in [2.05, 4.69) is 19.2 Å². The van der Waals surface area contributed by atoms with Gasteiger partial charge >= 0.3 is 0 Å². The summed E-state index contributed by atoms with van der Waals surface area (Å²) in [5.41, 5.74) is 0.639. The molecule has 0 atom stereocenters. The maximum absolute atomic E-state index is 11.7. The molecule has 1 aromatic rings. The summed E-state index contributed by atoms with van der Waals surface area (Å²) in [6, 6.07) is 1.71. The van der Waals surface area contributed by atoms with Crippen LogP contribution in [0.1, 0.15) is 36.4 Å². The van der Waals surface area contributed by atoms with Crippen LogP contribution < -0.4 is 5.32 Å². The van der Waals surface area contributed by atoms with Gasteiger partial charge in [-0.2, -0.15) is 11.8 Å². The lowest BCUT2D eigenvalue weighted by molar-refractivity contribution is 0.0952. The second-order valence-electron chi connectivity index (χ2n) is 4.47. The molecule has 1 heterocycles. The number of amides is 1. The maximum atomic E-state index is 11.7. The Labute approximate surface area is 107 Å². The molecule has 0 aromatic carbocycles. The maximum Gasteiger partial charge on any atom is 0.254 e. The van der Waals surface area contributed by atoms with Crippen molar-refractivity contribution in [2.75, 3.05) is 18.1 Å². The summed E-state index contributed by atoms with van der Waals surface area (Å²) in [6.45, 7) is 6.97. The van der Waals surface area contributed by atoms with E-state index in [1.54, 1.807) is 19.3 Å². The van der Waals surface area contributed by atoms with Crippen molar-refractivity contribution in [2.24, 2.45) is 5.92 Å². The molecule has 4 heteroatoms. The van der Waals surface area contributed by atoms with E-state index in [1.165, 1.54) is 5.75 Å². The largest absolute Gasteiger partial charge is 0.469 e. The van der Waals surface area contributed by atoms with Gasteiger partial charge in [-0.1, -0.05) is 13.8 Å². The molecule has 96 valence electrons. The average Bonchev–Trinajstić information content (AvgIpc) is 2.69. The molecule has 17 heavy (non-hydrogen) atoms. The molecule has 1 N–H and O–H groups in total. The Kier molecular flexibility index (Phi) is 6.19. The lowest BCUT2D eigenvalue weighted by Gasteiger charge is -2.05. The summed E-state index contributed by atoms with van der Waals surface area (Å²) in [4.78, 5) is 11.7. The van der Waals surface area contributed by atoms with Crippen LogP contribution >= 0.6 is 11.8 Å². The van der Waals surface area contributed by atoms with Crippen molar-refractivity contribution in [3.05, 3.63) is 23.7 Å². The fourth-order valence-corrected chi connectivity index (χ4v) is 2.40. The molecule has 0 spiro atoms. The van der Waals surface area contributed by atoms with E-state index >= 15 is 0 Å². The van der Waals surface area contributed by atoms with Crippen LogP contribution in [-0.4, -0.2) is 24.0 Å². The normalized spacial score (nSPS) is 10.8. The molecule has 0 unspecified atom stereocenters. The summed E-state index contributed by atoms with van der Waals surface area (Å²) >= 11 is 1.94. The number of rotatable bonds is 7. The summed E-state index contributed by atoms with van der Waals surface area (Å²) in [5.74, 6) is 3.67. The van der Waals surface area contributed by atoms with Crippen molar-refractivity contribution >= 4 is 17.7 Å². The molecule has 0 saturated carbocycles. The minimum atomic E-state index is -0.0369. The molecular formula is C13H21NO2S. The fourth-order valence-electron chi connectivity index (χ4n) is 1.41. The van der Waals surface area contributed by atoms with E-state index in [-0.39, 0.29) is 5.91 Å². The van der Waals surface area contributed by atoms with Crippen LogP contribution in [0.15, 0.2) is 16.7 Å². The van der Waals surface area contributed by atoms with Crippen molar-refractivity contribution in [1.29, 1.82) is 0 Å². The molecule has 0 aliphatic carbocycles. The molecule has 0 radical (unpaired) electrons. The lowest BCUT2D eigenvalue weighted by Crippen LogP contribution is -2.25. The molecule has 0 aliphatic heterocycles. The molecule has 1 amide bonds. The van der Waals surface area contributed by atoms with Gasteiger partial charge < -0.3 is 9.73 Å². The van der Waals surface area contributed by atoms with Crippen molar-refractivity contribution in [1.82, 2.24) is 5.32 Å². The zero-order valence-electron chi connectivity index (χ0n) is 10.8. The Balaban J connectivity index is 2.11. The van der Waals surface area contributed by atoms with Crippen molar-refractivity contribution < 1.29 is 9.21 Å². The molecule has 1 rings (SSSR count). The first-order chi connectivity index (χ1) is 8.11. The van der Waals surface area contributed by atoms with Crippen LogP contribution in [0.2, 0.25) is 0 Å². The molecular weight excluding hydrogens is 234 g/mol. The number of hydrogen-bond donors (Lipinski definition) is 1. The molecule has 0 bridgehead atoms. The van der Waals surface area contributed by atoms with Crippen LogP contribution in [0.5, 0.6) is 0 Å². The van der Waals surface area contributed by atoms with E-state index < -0.39 is 0 Å². The highest BCUT2D eigenvalue weighted by Crippen LogP contribution is 2.09. The van der Waals surface area contributed by atoms with Gasteiger partial charge in [0.15, 0.2) is 0 Å². The van der Waals surface area contributed by atoms with Gasteiger partial charge in [0, 0.05) is 6.54 Å². The summed E-state index contributed by atoms with van der Waals surface area (Å²) in [6.07, 6.45) is 2.56. The molecule has 3 nitrogen and oxygen atoms in total. The number of hydrogen-bond acceptors (Lipinski definition) is 3. The Morgan fingerprint density at radius 2 is 2.29 bits per heavy atom. The number of nitrogens with one attached hydrogen (secondary N) is 1. The number of furan rings is 1. The second kappa shape index (κ2) is 7.43. The number of carbonyl (C=O) groups is 1. The van der Waals surface area contributed by atoms with Crippen molar-refractivity contribution in [3.8, 4) is 0 Å². The summed E-state index contributed by atoms with van der Waals surface area (Å²) in [5, 5.41) is 2.90. The van der Waals surface area contributed by atoms with Gasteiger partial charge in [0.1, 0.15) is 5.76 Å². The summed E-state index contributed by atoms with van der Waals surface area (Å²) < 4.78 is 5.09. The minimum absolute atomic E-state index is 0.0369. The quantitative estimate of drug-likeness (QED) is 0.761. The highest BCUT2D eigenvalue weighted by molar-refractivity contribution is 7.99. The van der Waals surface area contributed by atoms with Crippen LogP contribution in [0.4, 0.5) is 0 Å². The van der Waals surface area contributed by atoms with Crippen LogP contribution in [-0.2, 0) is 0 Å². The monoisotopic (exact) mass is 255 g/mol. The molecule has 0 aliphatic rings. The van der Waals surface area contributed by atoms with E-state index in [1.807, 2.05) is 11.8 Å². The van der Waals surface area contributed by atoms with E-state index in [4.69, 9.17) is 4.42 Å². The second-order valence-corrected chi connectivity index (χ2v) is 5.62. The third kappa shape index (κ3) is 5.31. The third-order valence-corrected chi connectivity index (χ3v) is 3.79. The SMILES string of the molecule is Cc1occc1C(=O)NCCCSCC(C)C. The van der Waals surface area contributed by atoms with Gasteiger partial charge in [0.2, 0.25) is 0 Å². The number of carbonyl (C=O) groups excluding carboxylic acids is 1. The van der Waals surface area contributed by atoms with Gasteiger partial charge in [0.25, 0.3) is 5.91 Å². The third-order valence-electron chi connectivity index (χ3n) is 2.31. The topological polar surface area (TPSA) is 42.2 Å². The predicted octanol–water partition coefficient (Wildman–Crippen LogP) is 3.10. The van der Waals surface area contributed by atoms with Crippen LogP contribution in [0.3, 0.4) is 0 Å². The zero-order chi connectivity index (χ0) is 12.7. The standard InChI is InChI=1S/C13H21NO2S/c1-10(2)9-17-8-4-6-14-13(15)12-5-7-16-11(12)3/h5,7,10H,4,6,8-9H2,1-3H3,(H,14,15). The Hall–Kier alpha value is -0.900. The number of aryl methyl sites for hydroxylation is 1. The van der Waals surface area contributed by atoms with E-state index in [0.717, 1.165) is 24.6 Å². The van der Waals surface area contributed by atoms with Crippen LogP contribution in [0, 0.1) is 12.8 Å². The van der Waals surface area contributed by atoms with E-state index in [0.29, 0.717) is 11.3 Å². The Morgan fingerprint density at radius 1 is 1.53 bits per heavy atom.